The van der Waals surface area contributed by atoms with Crippen LogP contribution in [0.2, 0.25) is 0 Å². The van der Waals surface area contributed by atoms with Crippen LogP contribution in [0.3, 0.4) is 0 Å². The second-order valence-electron chi connectivity index (χ2n) is 15.3. The molecule has 6 aromatic rings. The van der Waals surface area contributed by atoms with E-state index < -0.39 is 0 Å². The van der Waals surface area contributed by atoms with Crippen LogP contribution in [-0.4, -0.2) is 0 Å². The van der Waals surface area contributed by atoms with E-state index in [4.69, 9.17) is 0 Å². The Morgan fingerprint density at radius 2 is 1.14 bits per heavy atom. The Kier molecular flexibility index (Phi) is 21.0. The number of allylic oxidation sites excluding steroid dienone is 6. The highest BCUT2D eigenvalue weighted by atomic mass is 14.2. The van der Waals surface area contributed by atoms with Gasteiger partial charge in [0.2, 0.25) is 0 Å². The van der Waals surface area contributed by atoms with Gasteiger partial charge in [-0.2, -0.15) is 0 Å². The Morgan fingerprint density at radius 3 is 1.63 bits per heavy atom. The second-order valence-corrected chi connectivity index (χ2v) is 15.3. The molecule has 0 heterocycles. The van der Waals surface area contributed by atoms with Crippen LogP contribution in [0.25, 0.3) is 27.5 Å². The maximum Gasteiger partial charge on any atom is 0.00241 e. The molecule has 2 atom stereocenters. The van der Waals surface area contributed by atoms with E-state index in [1.165, 1.54) is 93.0 Å². The molecule has 0 heteroatoms. The van der Waals surface area contributed by atoms with E-state index in [-0.39, 0.29) is 7.43 Å². The van der Waals surface area contributed by atoms with Gasteiger partial charge >= 0.3 is 0 Å². The topological polar surface area (TPSA) is 0 Å². The van der Waals surface area contributed by atoms with Gasteiger partial charge in [0.15, 0.2) is 0 Å². The monoisotopic (exact) mass is 755 g/mol. The molecular formula is C57H70. The molecule has 0 spiro atoms. The molecule has 0 nitrogen and oxygen atoms in total. The van der Waals surface area contributed by atoms with Crippen LogP contribution < -0.4 is 0 Å². The Hall–Kier alpha value is -5.20. The number of aryl methyl sites for hydroxylation is 3. The molecule has 57 heavy (non-hydrogen) atoms. The van der Waals surface area contributed by atoms with Crippen LogP contribution in [0.4, 0.5) is 0 Å². The van der Waals surface area contributed by atoms with Crippen LogP contribution >= 0.6 is 0 Å². The smallest absolute Gasteiger partial charge is 0.00241 e. The fraction of sp³-hybridized carbons (Fsp3) is 0.298. The summed E-state index contributed by atoms with van der Waals surface area (Å²) in [4.78, 5) is 0. The summed E-state index contributed by atoms with van der Waals surface area (Å²) in [6.45, 7) is 15.4. The first-order valence-electron chi connectivity index (χ1n) is 21.1. The fourth-order valence-electron chi connectivity index (χ4n) is 6.87. The number of hydrogen-bond acceptors (Lipinski definition) is 0. The molecule has 0 saturated carbocycles. The van der Waals surface area contributed by atoms with Crippen LogP contribution in [0.5, 0.6) is 0 Å². The largest absolute Gasteiger partial charge is 0.0811 e. The van der Waals surface area contributed by atoms with E-state index in [1.807, 2.05) is 36.4 Å². The van der Waals surface area contributed by atoms with Crippen molar-refractivity contribution in [2.75, 3.05) is 0 Å². The van der Waals surface area contributed by atoms with Crippen molar-refractivity contribution in [3.05, 3.63) is 209 Å². The van der Waals surface area contributed by atoms with E-state index in [9.17, 15) is 0 Å². The van der Waals surface area contributed by atoms with Crippen LogP contribution in [0, 0.1) is 26.7 Å². The quantitative estimate of drug-likeness (QED) is 0.131. The van der Waals surface area contributed by atoms with Gasteiger partial charge in [0, 0.05) is 5.92 Å². The lowest BCUT2D eigenvalue weighted by Crippen LogP contribution is -1.98. The average Bonchev–Trinajstić information content (AvgIpc) is 3.23. The van der Waals surface area contributed by atoms with Gasteiger partial charge in [0.05, 0.1) is 0 Å². The van der Waals surface area contributed by atoms with Gasteiger partial charge < -0.3 is 0 Å². The van der Waals surface area contributed by atoms with Crippen molar-refractivity contribution in [3.8, 4) is 11.1 Å². The average molecular weight is 755 g/mol. The van der Waals surface area contributed by atoms with Crippen molar-refractivity contribution >= 4 is 16.3 Å². The molecule has 1 aliphatic rings. The zero-order chi connectivity index (χ0) is 40.0. The van der Waals surface area contributed by atoms with Gasteiger partial charge in [0.25, 0.3) is 0 Å². The normalized spacial score (nSPS) is 13.6. The van der Waals surface area contributed by atoms with Crippen LogP contribution in [-0.2, 0) is 0 Å². The lowest BCUT2D eigenvalue weighted by molar-refractivity contribution is 0.717. The summed E-state index contributed by atoms with van der Waals surface area (Å²) < 4.78 is 0. The third kappa shape index (κ3) is 16.4. The fourth-order valence-corrected chi connectivity index (χ4v) is 6.87. The zero-order valence-electron chi connectivity index (χ0n) is 35.3. The lowest BCUT2D eigenvalue weighted by Gasteiger charge is -2.17. The van der Waals surface area contributed by atoms with Crippen molar-refractivity contribution in [1.29, 1.82) is 0 Å². The Balaban J connectivity index is 0.000000279. The van der Waals surface area contributed by atoms with Gasteiger partial charge in [0.1, 0.15) is 0 Å². The van der Waals surface area contributed by atoms with Crippen LogP contribution in [0.1, 0.15) is 114 Å². The Bertz CT molecular complexity index is 2020. The standard InChI is InChI=1S/C32H34.C10H16.2C7H8.CH4/c1-4-8-29(28-18-16-27(17-19-28)26-14-12-24(3)13-15-26)22-30(9-5-2)32-21-20-25-10-6-7-11-31(25)23-32;1-3-4-10-7-5-9(2)6-8-10;2*1-7-5-3-2-4-6-7;/h6-7,10-23,30H,4-5,8-9H2,1-3H3;5,7-9H,3-4,6H2,1-2H3;2*2-6H,1H3;1H4/b29-22+;;;;. The summed E-state index contributed by atoms with van der Waals surface area (Å²) >= 11 is 0. The van der Waals surface area contributed by atoms with Crippen molar-refractivity contribution in [2.24, 2.45) is 5.92 Å². The van der Waals surface area contributed by atoms with Gasteiger partial charge in [-0.15, -0.1) is 0 Å². The molecule has 0 radical (unpaired) electrons. The Morgan fingerprint density at radius 1 is 0.596 bits per heavy atom. The molecule has 7 rings (SSSR count). The minimum absolute atomic E-state index is 0. The van der Waals surface area contributed by atoms with E-state index in [0.717, 1.165) is 18.8 Å². The first kappa shape index (κ1) is 46.2. The maximum atomic E-state index is 2.54. The molecule has 298 valence electrons. The predicted octanol–water partition coefficient (Wildman–Crippen LogP) is 17.5. The number of fused-ring (bicyclic) bond motifs is 1. The van der Waals surface area contributed by atoms with E-state index in [1.54, 1.807) is 0 Å². The predicted molar refractivity (Wildman–Crippen MR) is 256 cm³/mol. The first-order chi connectivity index (χ1) is 27.3. The SMILES string of the molecule is C.CCC/C(=C\C(CCC)c1ccc2ccccc2c1)c1ccc(-c2ccc(C)cc2)cc1.CCCC1=CCC(C)C=C1.Cc1ccccc1.Cc1ccccc1. The molecule has 0 saturated heterocycles. The highest BCUT2D eigenvalue weighted by Gasteiger charge is 2.12. The highest BCUT2D eigenvalue weighted by molar-refractivity contribution is 5.83. The molecule has 0 bridgehead atoms. The summed E-state index contributed by atoms with van der Waals surface area (Å²) in [5, 5.41) is 2.65. The molecule has 0 N–H and O–H groups in total. The lowest BCUT2D eigenvalue weighted by atomic mass is 9.88. The van der Waals surface area contributed by atoms with Gasteiger partial charge in [-0.1, -0.05) is 253 Å². The minimum atomic E-state index is 0. The highest BCUT2D eigenvalue weighted by Crippen LogP contribution is 2.32. The van der Waals surface area contributed by atoms with Crippen molar-refractivity contribution in [3.63, 3.8) is 0 Å². The summed E-state index contributed by atoms with van der Waals surface area (Å²) in [6, 6.07) is 54.1. The van der Waals surface area contributed by atoms with E-state index in [2.05, 4.69) is 188 Å². The second kappa shape index (κ2) is 25.9. The maximum absolute atomic E-state index is 2.54. The van der Waals surface area contributed by atoms with Crippen LogP contribution in [0.15, 0.2) is 182 Å². The van der Waals surface area contributed by atoms with E-state index in [0.29, 0.717) is 5.92 Å². The molecule has 0 aliphatic heterocycles. The molecule has 0 aromatic heterocycles. The molecule has 1 aliphatic carbocycles. The summed E-state index contributed by atoms with van der Waals surface area (Å²) in [5.74, 6) is 1.21. The Labute approximate surface area is 348 Å². The van der Waals surface area contributed by atoms with Crippen molar-refractivity contribution in [2.45, 2.75) is 107 Å². The van der Waals surface area contributed by atoms with Gasteiger partial charge in [-0.05, 0) is 91.0 Å². The number of rotatable bonds is 10. The summed E-state index contributed by atoms with van der Waals surface area (Å²) in [5.41, 5.74) is 12.3. The molecular weight excluding hydrogens is 685 g/mol. The molecule has 0 fully saturated rings. The zero-order valence-corrected chi connectivity index (χ0v) is 35.3. The molecule has 6 aromatic carbocycles. The summed E-state index contributed by atoms with van der Waals surface area (Å²) in [7, 11) is 0. The molecule has 0 amide bonds. The van der Waals surface area contributed by atoms with Crippen molar-refractivity contribution < 1.29 is 0 Å². The van der Waals surface area contributed by atoms with Gasteiger partial charge in [-0.25, -0.2) is 0 Å². The third-order valence-corrected chi connectivity index (χ3v) is 10.2. The van der Waals surface area contributed by atoms with Gasteiger partial charge in [-0.3, -0.25) is 0 Å². The minimum Gasteiger partial charge on any atom is -0.0811 e. The van der Waals surface area contributed by atoms with Crippen molar-refractivity contribution in [1.82, 2.24) is 0 Å². The third-order valence-electron chi connectivity index (χ3n) is 10.2. The van der Waals surface area contributed by atoms with E-state index >= 15 is 0 Å². The number of hydrogen-bond donors (Lipinski definition) is 0. The first-order valence-corrected chi connectivity index (χ1v) is 21.1. The molecule has 2 unspecified atom stereocenters. The summed E-state index contributed by atoms with van der Waals surface area (Å²) in [6.07, 6.45) is 17.9. The number of benzene rings is 6.